The number of para-hydroxylation sites is 1. The summed E-state index contributed by atoms with van der Waals surface area (Å²) in [5.41, 5.74) is 0.877. The Labute approximate surface area is 188 Å². The number of hydrogen-bond donors (Lipinski definition) is 1. The number of benzene rings is 3. The van der Waals surface area contributed by atoms with Gasteiger partial charge in [-0.2, -0.15) is 0 Å². The van der Waals surface area contributed by atoms with Gasteiger partial charge in [0, 0.05) is 32.4 Å². The Hall–Kier alpha value is -3.21. The Bertz CT molecular complexity index is 1340. The van der Waals surface area contributed by atoms with Crippen LogP contribution in [0.25, 0.3) is 0 Å². The van der Waals surface area contributed by atoms with Crippen molar-refractivity contribution in [1.29, 1.82) is 0 Å². The molecule has 1 N–H and O–H groups in total. The van der Waals surface area contributed by atoms with Gasteiger partial charge in [0.1, 0.15) is 0 Å². The highest BCUT2D eigenvalue weighted by molar-refractivity contribution is 7.92. The molecule has 3 rings (SSSR count). The lowest BCUT2D eigenvalue weighted by molar-refractivity contribution is 0.102. The molecule has 0 radical (unpaired) electrons. The first-order valence-electron chi connectivity index (χ1n) is 9.51. The summed E-state index contributed by atoms with van der Waals surface area (Å²) >= 11 is 0. The van der Waals surface area contributed by atoms with Crippen LogP contribution in [0.5, 0.6) is 0 Å². The number of carbonyl (C=O) groups excluding carboxylic acids is 1. The van der Waals surface area contributed by atoms with Crippen LogP contribution in [0.15, 0.2) is 88.7 Å². The molecule has 0 saturated carbocycles. The largest absolute Gasteiger partial charge is 0.322 e. The summed E-state index contributed by atoms with van der Waals surface area (Å²) in [6.45, 7) is 0. The lowest BCUT2D eigenvalue weighted by atomic mass is 10.2. The lowest BCUT2D eigenvalue weighted by Crippen LogP contribution is -2.26. The van der Waals surface area contributed by atoms with Gasteiger partial charge in [0.05, 0.1) is 15.5 Å². The third-order valence-electron chi connectivity index (χ3n) is 4.74. The van der Waals surface area contributed by atoms with E-state index in [1.165, 1.54) is 63.6 Å². The number of nitrogens with zero attached hydrogens (tertiary/aromatic N) is 2. The fourth-order valence-electron chi connectivity index (χ4n) is 2.88. The van der Waals surface area contributed by atoms with Crippen LogP contribution in [0.1, 0.15) is 10.4 Å². The van der Waals surface area contributed by atoms with Gasteiger partial charge in [0.2, 0.25) is 10.0 Å². The molecule has 10 heteroatoms. The standard InChI is InChI=1S/C22H23N3O5S2/c1-24(2)31(27,28)21-14-8-10-18(16-21)23-22(26)17-9-7-13-20(15-17)32(29,30)25(3)19-11-5-4-6-12-19/h4-16H,1-3H3,(H,23,26). The van der Waals surface area contributed by atoms with Gasteiger partial charge in [-0.3, -0.25) is 9.10 Å². The van der Waals surface area contributed by atoms with Crippen LogP contribution >= 0.6 is 0 Å². The molecule has 0 aliphatic heterocycles. The Morgan fingerprint density at radius 1 is 0.719 bits per heavy atom. The summed E-state index contributed by atoms with van der Waals surface area (Å²) < 4.78 is 52.9. The highest BCUT2D eigenvalue weighted by atomic mass is 32.2. The number of rotatable bonds is 7. The second-order valence-corrected chi connectivity index (χ2v) is 11.2. The van der Waals surface area contributed by atoms with Gasteiger partial charge in [-0.15, -0.1) is 0 Å². The minimum atomic E-state index is -3.89. The molecule has 0 heterocycles. The zero-order chi connectivity index (χ0) is 23.5. The van der Waals surface area contributed by atoms with E-state index in [9.17, 15) is 21.6 Å². The van der Waals surface area contributed by atoms with Crippen molar-refractivity contribution in [2.24, 2.45) is 0 Å². The van der Waals surface area contributed by atoms with Crippen molar-refractivity contribution in [1.82, 2.24) is 4.31 Å². The molecule has 0 unspecified atom stereocenters. The molecular formula is C22H23N3O5S2. The molecule has 8 nitrogen and oxygen atoms in total. The maximum absolute atomic E-state index is 13.0. The van der Waals surface area contributed by atoms with Gasteiger partial charge in [-0.1, -0.05) is 30.3 Å². The van der Waals surface area contributed by atoms with Crippen LogP contribution in [0.4, 0.5) is 11.4 Å². The van der Waals surface area contributed by atoms with Crippen LogP contribution in [0.3, 0.4) is 0 Å². The predicted molar refractivity (Wildman–Crippen MR) is 124 cm³/mol. The van der Waals surface area contributed by atoms with Crippen LogP contribution in [-0.2, 0) is 20.0 Å². The van der Waals surface area contributed by atoms with Crippen LogP contribution in [0.2, 0.25) is 0 Å². The third kappa shape index (κ3) is 4.82. The van der Waals surface area contributed by atoms with Crippen molar-refractivity contribution < 1.29 is 21.6 Å². The molecule has 0 aliphatic rings. The summed E-state index contributed by atoms with van der Waals surface area (Å²) in [4.78, 5) is 12.7. The van der Waals surface area contributed by atoms with Crippen LogP contribution in [0, 0.1) is 0 Å². The smallest absolute Gasteiger partial charge is 0.264 e. The highest BCUT2D eigenvalue weighted by Gasteiger charge is 2.23. The van der Waals surface area contributed by atoms with E-state index in [2.05, 4.69) is 5.32 Å². The average Bonchev–Trinajstić information content (AvgIpc) is 2.79. The Balaban J connectivity index is 1.87. The van der Waals surface area contributed by atoms with E-state index < -0.39 is 26.0 Å². The highest BCUT2D eigenvalue weighted by Crippen LogP contribution is 2.23. The number of amides is 1. The summed E-state index contributed by atoms with van der Waals surface area (Å²) in [5.74, 6) is -0.566. The Kier molecular flexibility index (Phi) is 6.68. The zero-order valence-electron chi connectivity index (χ0n) is 17.8. The predicted octanol–water partition coefficient (Wildman–Crippen LogP) is 3.01. The molecule has 0 aromatic heterocycles. The molecule has 0 saturated heterocycles. The van der Waals surface area contributed by atoms with E-state index >= 15 is 0 Å². The molecule has 0 spiro atoms. The summed E-state index contributed by atoms with van der Waals surface area (Å²) in [6.07, 6.45) is 0. The lowest BCUT2D eigenvalue weighted by Gasteiger charge is -2.19. The first-order valence-corrected chi connectivity index (χ1v) is 12.4. The summed E-state index contributed by atoms with van der Waals surface area (Å²) in [6, 6.07) is 20.1. The maximum atomic E-state index is 13.0. The van der Waals surface area contributed by atoms with E-state index in [1.54, 1.807) is 36.4 Å². The van der Waals surface area contributed by atoms with Gasteiger partial charge in [0.15, 0.2) is 0 Å². The quantitative estimate of drug-likeness (QED) is 0.568. The number of sulfonamides is 2. The molecule has 0 bridgehead atoms. The van der Waals surface area contributed by atoms with Gasteiger partial charge >= 0.3 is 0 Å². The number of hydrogen-bond acceptors (Lipinski definition) is 5. The van der Waals surface area contributed by atoms with Crippen molar-refractivity contribution in [3.63, 3.8) is 0 Å². The Morgan fingerprint density at radius 3 is 1.94 bits per heavy atom. The SMILES string of the molecule is CN(C)S(=O)(=O)c1cccc(NC(=O)c2cccc(S(=O)(=O)N(C)c3ccccc3)c2)c1. The van der Waals surface area contributed by atoms with Gasteiger partial charge in [-0.05, 0) is 48.5 Å². The molecule has 168 valence electrons. The molecule has 0 aliphatic carbocycles. The molecule has 3 aromatic rings. The van der Waals surface area contributed by atoms with E-state index in [-0.39, 0.29) is 21.0 Å². The van der Waals surface area contributed by atoms with Crippen molar-refractivity contribution in [3.05, 3.63) is 84.4 Å². The maximum Gasteiger partial charge on any atom is 0.264 e. The average molecular weight is 474 g/mol. The number of nitrogens with one attached hydrogen (secondary N) is 1. The fraction of sp³-hybridized carbons (Fsp3) is 0.136. The van der Waals surface area contributed by atoms with Gasteiger partial charge in [0.25, 0.3) is 15.9 Å². The van der Waals surface area contributed by atoms with Crippen molar-refractivity contribution in [2.75, 3.05) is 30.8 Å². The van der Waals surface area contributed by atoms with Crippen LogP contribution < -0.4 is 9.62 Å². The third-order valence-corrected chi connectivity index (χ3v) is 8.34. The Morgan fingerprint density at radius 2 is 1.31 bits per heavy atom. The first-order chi connectivity index (χ1) is 15.0. The van der Waals surface area contributed by atoms with Crippen molar-refractivity contribution in [2.45, 2.75) is 9.79 Å². The van der Waals surface area contributed by atoms with Gasteiger partial charge < -0.3 is 5.32 Å². The molecule has 0 fully saturated rings. The topological polar surface area (TPSA) is 104 Å². The molecule has 3 aromatic carbocycles. The minimum absolute atomic E-state index is 0.0288. The number of anilines is 2. The van der Waals surface area contributed by atoms with E-state index in [1.807, 2.05) is 0 Å². The van der Waals surface area contributed by atoms with E-state index in [4.69, 9.17) is 0 Å². The molecule has 0 atom stereocenters. The van der Waals surface area contributed by atoms with Gasteiger partial charge in [-0.25, -0.2) is 21.1 Å². The number of carbonyl (C=O) groups is 1. The summed E-state index contributed by atoms with van der Waals surface area (Å²) in [5, 5.41) is 2.62. The minimum Gasteiger partial charge on any atom is -0.322 e. The monoisotopic (exact) mass is 473 g/mol. The second kappa shape index (κ2) is 9.11. The summed E-state index contributed by atoms with van der Waals surface area (Å²) in [7, 11) is -3.28. The first kappa shape index (κ1) is 23.5. The molecular weight excluding hydrogens is 450 g/mol. The van der Waals surface area contributed by atoms with E-state index in [0.29, 0.717) is 5.69 Å². The second-order valence-electron chi connectivity index (χ2n) is 7.11. The van der Waals surface area contributed by atoms with E-state index in [0.717, 1.165) is 8.61 Å². The van der Waals surface area contributed by atoms with Crippen molar-refractivity contribution in [3.8, 4) is 0 Å². The zero-order valence-corrected chi connectivity index (χ0v) is 19.4. The molecule has 32 heavy (non-hydrogen) atoms. The fourth-order valence-corrected chi connectivity index (χ4v) is 5.07. The van der Waals surface area contributed by atoms with Crippen LogP contribution in [-0.4, -0.2) is 48.2 Å². The normalized spacial score (nSPS) is 11.9. The molecule has 1 amide bonds. The van der Waals surface area contributed by atoms with Crippen molar-refractivity contribution >= 4 is 37.3 Å².